The maximum Gasteiger partial charge on any atom is 0.269 e. The molecular weight excluding hydrogens is 388 g/mol. The maximum atomic E-state index is 10.9. The molecule has 1 aliphatic rings. The topological polar surface area (TPSA) is 81.3 Å². The fourth-order valence-corrected chi connectivity index (χ4v) is 4.15. The third kappa shape index (κ3) is 3.81. The predicted molar refractivity (Wildman–Crippen MR) is 115 cm³/mol. The van der Waals surface area contributed by atoms with Crippen LogP contribution in [0.2, 0.25) is 0 Å². The molecule has 8 heteroatoms. The number of aldehydes is 1. The average Bonchev–Trinajstić information content (AvgIpc) is 3.12. The van der Waals surface area contributed by atoms with Gasteiger partial charge in [-0.2, -0.15) is 5.10 Å². The van der Waals surface area contributed by atoms with Crippen LogP contribution in [-0.4, -0.2) is 51.8 Å². The Morgan fingerprint density at radius 2 is 2.03 bits per heavy atom. The molecule has 1 aromatic heterocycles. The number of hydrogen-bond acceptors (Lipinski definition) is 6. The van der Waals surface area contributed by atoms with E-state index in [1.54, 1.807) is 23.9 Å². The number of carbonyl (C=O) groups excluding carboxylic acids is 1. The van der Waals surface area contributed by atoms with Gasteiger partial charge in [0, 0.05) is 30.6 Å². The molecule has 7 nitrogen and oxygen atoms in total. The minimum absolute atomic E-state index is 0.0585. The minimum Gasteiger partial charge on any atom is -0.302 e. The molecule has 0 saturated heterocycles. The Hall–Kier alpha value is -2.97. The maximum absolute atomic E-state index is 10.9. The number of nitro groups is 1. The van der Waals surface area contributed by atoms with Crippen LogP contribution < -0.4 is 0 Å². The van der Waals surface area contributed by atoms with Gasteiger partial charge in [-0.25, -0.2) is 4.68 Å². The lowest BCUT2D eigenvalue weighted by Crippen LogP contribution is -2.30. The molecule has 0 amide bonds. The molecule has 0 radical (unpaired) electrons. The molecule has 0 aliphatic carbocycles. The summed E-state index contributed by atoms with van der Waals surface area (Å²) in [7, 11) is 0. The first-order chi connectivity index (χ1) is 14.1. The first-order valence-corrected chi connectivity index (χ1v) is 10.5. The zero-order valence-electron chi connectivity index (χ0n) is 15.9. The Morgan fingerprint density at radius 3 is 2.66 bits per heavy atom. The van der Waals surface area contributed by atoms with Crippen molar-refractivity contribution in [1.82, 2.24) is 14.7 Å². The van der Waals surface area contributed by atoms with Gasteiger partial charge in [-0.3, -0.25) is 15.0 Å². The van der Waals surface area contributed by atoms with E-state index in [4.69, 9.17) is 5.10 Å². The second-order valence-electron chi connectivity index (χ2n) is 6.83. The van der Waals surface area contributed by atoms with E-state index in [2.05, 4.69) is 29.2 Å². The van der Waals surface area contributed by atoms with Crippen LogP contribution in [0.3, 0.4) is 0 Å². The van der Waals surface area contributed by atoms with E-state index in [1.165, 1.54) is 17.7 Å². The van der Waals surface area contributed by atoms with Crippen molar-refractivity contribution >= 4 is 40.2 Å². The highest BCUT2D eigenvalue weighted by Crippen LogP contribution is 2.32. The Balaban J connectivity index is 1.75. The van der Waals surface area contributed by atoms with Gasteiger partial charge in [0.25, 0.3) is 5.69 Å². The van der Waals surface area contributed by atoms with Gasteiger partial charge in [0.1, 0.15) is 11.3 Å². The molecule has 3 aromatic rings. The number of non-ortho nitro benzene ring substituents is 1. The quantitative estimate of drug-likeness (QED) is 0.266. The Kier molecular flexibility index (Phi) is 5.46. The molecule has 148 valence electrons. The van der Waals surface area contributed by atoms with Crippen LogP contribution in [0.25, 0.3) is 22.2 Å². The van der Waals surface area contributed by atoms with Crippen molar-refractivity contribution in [2.75, 3.05) is 25.9 Å². The number of benzene rings is 2. The zero-order valence-corrected chi connectivity index (χ0v) is 16.8. The van der Waals surface area contributed by atoms with Crippen LogP contribution in [0.4, 0.5) is 5.69 Å². The van der Waals surface area contributed by atoms with Crippen molar-refractivity contribution in [3.8, 4) is 5.69 Å². The number of nitrogens with zero attached hydrogens (tertiary/aromatic N) is 4. The predicted octanol–water partition coefficient (Wildman–Crippen LogP) is 3.94. The summed E-state index contributed by atoms with van der Waals surface area (Å²) in [5, 5.41) is 17.6. The molecule has 0 atom stereocenters. The molecule has 0 bridgehead atoms. The highest BCUT2D eigenvalue weighted by atomic mass is 32.2. The molecule has 0 unspecified atom stereocenters. The van der Waals surface area contributed by atoms with Gasteiger partial charge < -0.3 is 4.79 Å². The molecule has 0 saturated carbocycles. The molecular formula is C21H20N4O3S. The van der Waals surface area contributed by atoms with Crippen molar-refractivity contribution in [3.05, 3.63) is 64.2 Å². The second kappa shape index (κ2) is 8.18. The number of thioether (sulfide) groups is 1. The first-order valence-electron chi connectivity index (χ1n) is 9.27. The van der Waals surface area contributed by atoms with Crippen molar-refractivity contribution in [2.45, 2.75) is 11.4 Å². The van der Waals surface area contributed by atoms with E-state index < -0.39 is 4.92 Å². The molecule has 4 rings (SSSR count). The van der Waals surface area contributed by atoms with Gasteiger partial charge >= 0.3 is 0 Å². The van der Waals surface area contributed by atoms with E-state index in [0.29, 0.717) is 6.54 Å². The van der Waals surface area contributed by atoms with Crippen LogP contribution in [0, 0.1) is 10.1 Å². The smallest absolute Gasteiger partial charge is 0.269 e. The fraction of sp³-hybridized carbons (Fsp3) is 0.238. The monoisotopic (exact) mass is 408 g/mol. The third-order valence-electron chi connectivity index (χ3n) is 5.14. The summed E-state index contributed by atoms with van der Waals surface area (Å²) in [5.41, 5.74) is 4.21. The summed E-state index contributed by atoms with van der Waals surface area (Å²) in [5.74, 6) is 0. The SMILES string of the molecule is CSc1nn(-c2ccc([N+](=O)[O-])cc2)c2cc(C3=CCN(CC=O)CC3)ccc12. The Morgan fingerprint density at radius 1 is 1.24 bits per heavy atom. The Labute approximate surface area is 172 Å². The largest absolute Gasteiger partial charge is 0.302 e. The van der Waals surface area contributed by atoms with Crippen LogP contribution in [0.1, 0.15) is 12.0 Å². The van der Waals surface area contributed by atoms with E-state index in [-0.39, 0.29) is 5.69 Å². The lowest BCUT2D eigenvalue weighted by molar-refractivity contribution is -0.384. The fourth-order valence-electron chi connectivity index (χ4n) is 3.59. The summed E-state index contributed by atoms with van der Waals surface area (Å²) in [6.45, 7) is 2.09. The second-order valence-corrected chi connectivity index (χ2v) is 7.63. The molecule has 29 heavy (non-hydrogen) atoms. The lowest BCUT2D eigenvalue weighted by Gasteiger charge is -2.24. The first kappa shape index (κ1) is 19.4. The zero-order chi connectivity index (χ0) is 20.4. The van der Waals surface area contributed by atoms with Gasteiger partial charge in [0.05, 0.1) is 22.7 Å². The van der Waals surface area contributed by atoms with Crippen LogP contribution in [0.15, 0.2) is 53.6 Å². The molecule has 0 N–H and O–H groups in total. The van der Waals surface area contributed by atoms with Crippen molar-refractivity contribution in [1.29, 1.82) is 0 Å². The molecule has 0 fully saturated rings. The summed E-state index contributed by atoms with van der Waals surface area (Å²) in [6, 6.07) is 12.8. The summed E-state index contributed by atoms with van der Waals surface area (Å²) in [4.78, 5) is 23.4. The summed E-state index contributed by atoms with van der Waals surface area (Å²) < 4.78 is 1.84. The highest BCUT2D eigenvalue weighted by molar-refractivity contribution is 7.98. The van der Waals surface area contributed by atoms with Crippen LogP contribution in [0.5, 0.6) is 0 Å². The van der Waals surface area contributed by atoms with Gasteiger partial charge in [-0.1, -0.05) is 12.1 Å². The third-order valence-corrected chi connectivity index (χ3v) is 5.83. The number of fused-ring (bicyclic) bond motifs is 1. The van der Waals surface area contributed by atoms with Gasteiger partial charge in [-0.05, 0) is 48.1 Å². The minimum atomic E-state index is -0.403. The number of aromatic nitrogens is 2. The van der Waals surface area contributed by atoms with Gasteiger partial charge in [-0.15, -0.1) is 11.8 Å². The standard InChI is InChI=1S/C21H20N4O3S/c1-29-21-19-7-2-16(15-8-10-23(11-9-15)12-13-26)14-20(19)24(22-21)17-3-5-18(6-4-17)25(27)28/h2-8,13-14H,9-12H2,1H3. The number of rotatable bonds is 6. The van der Waals surface area contributed by atoms with E-state index in [1.807, 2.05) is 10.9 Å². The molecule has 1 aliphatic heterocycles. The van der Waals surface area contributed by atoms with Gasteiger partial charge in [0.15, 0.2) is 0 Å². The molecule has 2 aromatic carbocycles. The number of carbonyl (C=O) groups is 1. The van der Waals surface area contributed by atoms with Gasteiger partial charge in [0.2, 0.25) is 0 Å². The normalized spacial score (nSPS) is 14.7. The van der Waals surface area contributed by atoms with Crippen molar-refractivity contribution in [2.24, 2.45) is 0 Å². The summed E-state index contributed by atoms with van der Waals surface area (Å²) in [6.07, 6.45) is 6.00. The van der Waals surface area contributed by atoms with E-state index >= 15 is 0 Å². The highest BCUT2D eigenvalue weighted by Gasteiger charge is 2.16. The number of nitro benzene ring substituents is 1. The van der Waals surface area contributed by atoms with Crippen LogP contribution >= 0.6 is 11.8 Å². The molecule has 0 spiro atoms. The van der Waals surface area contributed by atoms with E-state index in [9.17, 15) is 14.9 Å². The lowest BCUT2D eigenvalue weighted by atomic mass is 9.98. The van der Waals surface area contributed by atoms with E-state index in [0.717, 1.165) is 53.0 Å². The van der Waals surface area contributed by atoms with Crippen molar-refractivity contribution in [3.63, 3.8) is 0 Å². The Bertz CT molecular complexity index is 1110. The van der Waals surface area contributed by atoms with Crippen molar-refractivity contribution < 1.29 is 9.72 Å². The van der Waals surface area contributed by atoms with Crippen LogP contribution in [-0.2, 0) is 4.79 Å². The number of hydrogen-bond donors (Lipinski definition) is 0. The average molecular weight is 408 g/mol. The molecule has 2 heterocycles. The summed E-state index contributed by atoms with van der Waals surface area (Å²) >= 11 is 1.57.